The maximum atomic E-state index is 11.1. The van der Waals surface area contributed by atoms with E-state index in [0.717, 1.165) is 29.8 Å². The van der Waals surface area contributed by atoms with Crippen LogP contribution in [0.4, 0.5) is 0 Å². The Morgan fingerprint density at radius 1 is 1.30 bits per heavy atom. The molecule has 4 nitrogen and oxygen atoms in total. The van der Waals surface area contributed by atoms with Gasteiger partial charge in [-0.25, -0.2) is 0 Å². The Morgan fingerprint density at radius 3 is 2.96 bits per heavy atom. The molecule has 2 aliphatic rings. The third kappa shape index (κ3) is 4.25. The Kier molecular flexibility index (Phi) is 5.60. The van der Waals surface area contributed by atoms with Crippen LogP contribution in [0, 0.1) is 0 Å². The maximum absolute atomic E-state index is 11.1. The van der Waals surface area contributed by atoms with Gasteiger partial charge in [-0.1, -0.05) is 25.0 Å². The summed E-state index contributed by atoms with van der Waals surface area (Å²) in [4.78, 5) is 12.4. The van der Waals surface area contributed by atoms with Crippen LogP contribution < -0.4 is 10.1 Å². The molecule has 1 aliphatic heterocycles. The zero-order chi connectivity index (χ0) is 18.6. The number of fused-ring (bicyclic) bond motifs is 2. The molecule has 0 bridgehead atoms. The first kappa shape index (κ1) is 18.3. The lowest BCUT2D eigenvalue weighted by Crippen LogP contribution is -2.26. The van der Waals surface area contributed by atoms with Crippen molar-refractivity contribution < 1.29 is 14.6 Å². The van der Waals surface area contributed by atoms with Gasteiger partial charge in [0.25, 0.3) is 0 Å². The monoisotopic (exact) mass is 383 g/mol. The number of nitrogens with one attached hydrogen (secondary N) is 1. The molecule has 0 radical (unpaired) electrons. The quantitative estimate of drug-likeness (QED) is 0.715. The summed E-state index contributed by atoms with van der Waals surface area (Å²) in [5, 5.41) is 14.9. The highest BCUT2D eigenvalue weighted by molar-refractivity contribution is 7.11. The second-order valence-corrected chi connectivity index (χ2v) is 8.22. The minimum Gasteiger partial charge on any atom is -0.488 e. The Hall–Kier alpha value is -2.11. The lowest BCUT2D eigenvalue weighted by Gasteiger charge is -2.13. The molecule has 0 amide bonds. The van der Waals surface area contributed by atoms with E-state index in [-0.39, 0.29) is 6.42 Å². The third-order valence-electron chi connectivity index (χ3n) is 5.35. The van der Waals surface area contributed by atoms with Gasteiger partial charge in [-0.2, -0.15) is 0 Å². The lowest BCUT2D eigenvalue weighted by molar-refractivity contribution is -0.136. The minimum absolute atomic E-state index is 0.0289. The van der Waals surface area contributed by atoms with Crippen LogP contribution in [0.25, 0.3) is 5.57 Å². The summed E-state index contributed by atoms with van der Waals surface area (Å²) in [5.74, 6) is 0.0233. The van der Waals surface area contributed by atoms with Gasteiger partial charge in [0.1, 0.15) is 12.4 Å². The average Bonchev–Trinajstić information content (AvgIpc) is 3.30. The third-order valence-corrected chi connectivity index (χ3v) is 6.34. The second-order valence-electron chi connectivity index (χ2n) is 7.31. The van der Waals surface area contributed by atoms with Gasteiger partial charge in [-0.05, 0) is 60.5 Å². The summed E-state index contributed by atoms with van der Waals surface area (Å²) in [6.45, 7) is 1.53. The van der Waals surface area contributed by atoms with Gasteiger partial charge in [-0.3, -0.25) is 4.79 Å². The smallest absolute Gasteiger partial charge is 0.307 e. The van der Waals surface area contributed by atoms with Crippen LogP contribution in [-0.2, 0) is 17.8 Å². The molecule has 0 atom stereocenters. The number of ether oxygens (including phenoxy) is 1. The van der Waals surface area contributed by atoms with Gasteiger partial charge in [0, 0.05) is 22.0 Å². The van der Waals surface area contributed by atoms with E-state index in [2.05, 4.69) is 22.8 Å². The molecule has 0 spiro atoms. The predicted molar refractivity (Wildman–Crippen MR) is 108 cm³/mol. The number of aliphatic carboxylic acids is 1. The van der Waals surface area contributed by atoms with Gasteiger partial charge in [0.15, 0.2) is 0 Å². The number of benzene rings is 1. The average molecular weight is 384 g/mol. The second kappa shape index (κ2) is 8.28. The number of carboxylic acid groups (broad SMARTS) is 1. The highest BCUT2D eigenvalue weighted by Gasteiger charge is 2.21. The molecule has 0 saturated heterocycles. The molecule has 1 fully saturated rings. The molecule has 1 aromatic heterocycles. The van der Waals surface area contributed by atoms with E-state index in [0.29, 0.717) is 12.6 Å². The van der Waals surface area contributed by atoms with Gasteiger partial charge in [0.2, 0.25) is 0 Å². The summed E-state index contributed by atoms with van der Waals surface area (Å²) in [5.41, 5.74) is 4.19. The Morgan fingerprint density at radius 2 is 2.15 bits per heavy atom. The molecular weight excluding hydrogens is 358 g/mol. The molecule has 4 rings (SSSR count). The number of rotatable bonds is 6. The first-order valence-corrected chi connectivity index (χ1v) is 10.6. The molecule has 2 heterocycles. The normalized spacial score (nSPS) is 18.0. The standard InChI is InChI=1S/C22H25NO3S/c24-21(25)13-15-7-8-20-19(12-15)18(22-16(14-26-20)9-11-27-22)6-3-10-23-17-4-1-2-5-17/h6-9,11-12,17,23H,1-5,10,13-14H2,(H,24,25)/b18-6-. The number of thiophene rings is 1. The van der Waals surface area contributed by atoms with Crippen molar-refractivity contribution in [2.45, 2.75) is 51.2 Å². The van der Waals surface area contributed by atoms with Gasteiger partial charge < -0.3 is 15.2 Å². The van der Waals surface area contributed by atoms with Gasteiger partial charge in [-0.15, -0.1) is 11.3 Å². The fourth-order valence-electron chi connectivity index (χ4n) is 4.00. The summed E-state index contributed by atoms with van der Waals surface area (Å²) in [6, 6.07) is 8.54. The SMILES string of the molecule is O=C(O)Cc1ccc2c(c1)/C(=C/CCNC1CCCC1)c1sccc1CO2. The van der Waals surface area contributed by atoms with Crippen molar-refractivity contribution in [3.63, 3.8) is 0 Å². The highest BCUT2D eigenvalue weighted by atomic mass is 32.1. The first-order chi connectivity index (χ1) is 13.2. The molecule has 1 saturated carbocycles. The van der Waals surface area contributed by atoms with Crippen LogP contribution in [0.1, 0.15) is 53.7 Å². The lowest BCUT2D eigenvalue weighted by atomic mass is 9.97. The first-order valence-electron chi connectivity index (χ1n) is 9.69. The number of carboxylic acids is 1. The Balaban J connectivity index is 1.60. The minimum atomic E-state index is -0.812. The summed E-state index contributed by atoms with van der Waals surface area (Å²) in [6.07, 6.45) is 8.53. The van der Waals surface area contributed by atoms with Crippen molar-refractivity contribution in [1.29, 1.82) is 0 Å². The zero-order valence-electron chi connectivity index (χ0n) is 15.4. The van der Waals surface area contributed by atoms with E-state index in [9.17, 15) is 4.79 Å². The molecular formula is C22H25NO3S. The van der Waals surface area contributed by atoms with Crippen molar-refractivity contribution in [2.75, 3.05) is 6.54 Å². The molecule has 2 N–H and O–H groups in total. The number of hydrogen-bond acceptors (Lipinski definition) is 4. The van der Waals surface area contributed by atoms with Crippen molar-refractivity contribution in [3.8, 4) is 5.75 Å². The van der Waals surface area contributed by atoms with Gasteiger partial charge in [0.05, 0.1) is 6.42 Å². The number of carbonyl (C=O) groups is 1. The Bertz CT molecular complexity index is 849. The van der Waals surface area contributed by atoms with E-state index in [1.165, 1.54) is 41.7 Å². The van der Waals surface area contributed by atoms with Gasteiger partial charge >= 0.3 is 5.97 Å². The largest absolute Gasteiger partial charge is 0.488 e. The van der Waals surface area contributed by atoms with Crippen molar-refractivity contribution in [2.24, 2.45) is 0 Å². The van der Waals surface area contributed by atoms with Crippen molar-refractivity contribution in [3.05, 3.63) is 57.3 Å². The summed E-state index contributed by atoms with van der Waals surface area (Å²) in [7, 11) is 0. The zero-order valence-corrected chi connectivity index (χ0v) is 16.2. The van der Waals surface area contributed by atoms with Crippen LogP contribution in [0.15, 0.2) is 35.7 Å². The number of hydrogen-bond donors (Lipinski definition) is 2. The van der Waals surface area contributed by atoms with E-state index >= 15 is 0 Å². The molecule has 0 unspecified atom stereocenters. The van der Waals surface area contributed by atoms with Crippen LogP contribution >= 0.6 is 11.3 Å². The molecule has 5 heteroatoms. The van der Waals surface area contributed by atoms with Crippen molar-refractivity contribution >= 4 is 22.9 Å². The fourth-order valence-corrected chi connectivity index (χ4v) is 4.97. The Labute approximate surface area is 163 Å². The molecule has 1 aliphatic carbocycles. The van der Waals surface area contributed by atoms with Crippen LogP contribution in [-0.4, -0.2) is 23.7 Å². The fraction of sp³-hybridized carbons (Fsp3) is 0.409. The van der Waals surface area contributed by atoms with E-state index < -0.39 is 5.97 Å². The van der Waals surface area contributed by atoms with Crippen LogP contribution in [0.5, 0.6) is 5.75 Å². The maximum Gasteiger partial charge on any atom is 0.307 e. The molecule has 1 aromatic carbocycles. The highest BCUT2D eigenvalue weighted by Crippen LogP contribution is 2.40. The van der Waals surface area contributed by atoms with Crippen molar-refractivity contribution in [1.82, 2.24) is 5.32 Å². The van der Waals surface area contributed by atoms with E-state index in [1.54, 1.807) is 11.3 Å². The summed E-state index contributed by atoms with van der Waals surface area (Å²) >= 11 is 1.73. The molecule has 142 valence electrons. The topological polar surface area (TPSA) is 58.6 Å². The van der Waals surface area contributed by atoms with Crippen LogP contribution in [0.2, 0.25) is 0 Å². The molecule has 2 aromatic rings. The van der Waals surface area contributed by atoms with E-state index in [4.69, 9.17) is 9.84 Å². The summed E-state index contributed by atoms with van der Waals surface area (Å²) < 4.78 is 6.01. The van der Waals surface area contributed by atoms with Crippen LogP contribution in [0.3, 0.4) is 0 Å². The molecule has 27 heavy (non-hydrogen) atoms. The predicted octanol–water partition coefficient (Wildman–Crippen LogP) is 4.62. The van der Waals surface area contributed by atoms with E-state index in [1.807, 2.05) is 18.2 Å².